The predicted octanol–water partition coefficient (Wildman–Crippen LogP) is -1.09. The first-order chi connectivity index (χ1) is 7.84. The summed E-state index contributed by atoms with van der Waals surface area (Å²) in [7, 11) is 0. The molecule has 7 nitrogen and oxygen atoms in total. The van der Waals surface area contributed by atoms with Crippen LogP contribution in [0.25, 0.3) is 0 Å². The molecule has 88 valence electrons. The molecule has 1 aromatic heterocycles. The third-order valence-corrected chi connectivity index (χ3v) is 2.41. The lowest BCUT2D eigenvalue weighted by atomic mass is 10.4. The van der Waals surface area contributed by atoms with Crippen molar-refractivity contribution in [1.82, 2.24) is 20.1 Å². The van der Waals surface area contributed by atoms with Gasteiger partial charge in [0, 0.05) is 26.2 Å². The second-order valence-corrected chi connectivity index (χ2v) is 3.55. The number of hydrogen-bond acceptors (Lipinski definition) is 6. The van der Waals surface area contributed by atoms with Crippen molar-refractivity contribution >= 4 is 5.82 Å². The van der Waals surface area contributed by atoms with Crippen molar-refractivity contribution < 1.29 is 4.74 Å². The van der Waals surface area contributed by atoms with Crippen molar-refractivity contribution in [3.05, 3.63) is 16.7 Å². The minimum absolute atomic E-state index is 0.434. The van der Waals surface area contributed by atoms with Gasteiger partial charge in [-0.1, -0.05) is 0 Å². The first-order valence-electron chi connectivity index (χ1n) is 5.30. The Balaban J connectivity index is 1.73. The average molecular weight is 225 g/mol. The maximum atomic E-state index is 10.9. The quantitative estimate of drug-likeness (QED) is 0.677. The van der Waals surface area contributed by atoms with E-state index >= 15 is 0 Å². The number of nitrogens with one attached hydrogen (secondary N) is 2. The molecule has 0 radical (unpaired) electrons. The van der Waals surface area contributed by atoms with Crippen molar-refractivity contribution in [3.8, 4) is 0 Å². The summed E-state index contributed by atoms with van der Waals surface area (Å²) in [6.07, 6.45) is 1.50. The molecule has 2 rings (SSSR count). The Bertz CT molecular complexity index is 374. The summed E-state index contributed by atoms with van der Waals surface area (Å²) < 4.78 is 5.25. The van der Waals surface area contributed by atoms with Crippen LogP contribution in [0.15, 0.2) is 11.0 Å². The largest absolute Gasteiger partial charge is 0.379 e. The number of nitrogens with zero attached hydrogens (tertiary/aromatic N) is 3. The Hall–Kier alpha value is -1.47. The van der Waals surface area contributed by atoms with Crippen LogP contribution in [0.2, 0.25) is 0 Å². The molecule has 0 saturated carbocycles. The van der Waals surface area contributed by atoms with Crippen molar-refractivity contribution in [1.29, 1.82) is 0 Å². The highest BCUT2D eigenvalue weighted by atomic mass is 16.5. The van der Waals surface area contributed by atoms with E-state index in [0.29, 0.717) is 5.82 Å². The molecule has 0 atom stereocenters. The van der Waals surface area contributed by atoms with E-state index in [9.17, 15) is 4.79 Å². The molecule has 0 bridgehead atoms. The minimum Gasteiger partial charge on any atom is -0.379 e. The molecule has 0 amide bonds. The van der Waals surface area contributed by atoms with Crippen LogP contribution in [0.4, 0.5) is 5.82 Å². The third-order valence-electron chi connectivity index (χ3n) is 2.41. The molecule has 7 heteroatoms. The van der Waals surface area contributed by atoms with Gasteiger partial charge in [0.25, 0.3) is 0 Å². The summed E-state index contributed by atoms with van der Waals surface area (Å²) in [5.41, 5.74) is -0.434. The summed E-state index contributed by atoms with van der Waals surface area (Å²) in [4.78, 5) is 16.9. The van der Waals surface area contributed by atoms with E-state index in [4.69, 9.17) is 4.74 Å². The molecule has 1 fully saturated rings. The van der Waals surface area contributed by atoms with Crippen molar-refractivity contribution in [2.24, 2.45) is 0 Å². The number of anilines is 1. The van der Waals surface area contributed by atoms with Crippen LogP contribution in [0, 0.1) is 0 Å². The normalized spacial score (nSPS) is 17.2. The van der Waals surface area contributed by atoms with Crippen molar-refractivity contribution in [2.75, 3.05) is 44.7 Å². The number of ether oxygens (including phenoxy) is 1. The lowest BCUT2D eigenvalue weighted by Gasteiger charge is -2.26. The Morgan fingerprint density at radius 1 is 1.50 bits per heavy atom. The molecule has 2 N–H and O–H groups in total. The Labute approximate surface area is 92.8 Å². The maximum Gasteiger partial charge on any atom is 0.363 e. The summed E-state index contributed by atoms with van der Waals surface area (Å²) in [6, 6.07) is 0. The van der Waals surface area contributed by atoms with Gasteiger partial charge in [0.2, 0.25) is 0 Å². The van der Waals surface area contributed by atoms with E-state index in [1.807, 2.05) is 0 Å². The Morgan fingerprint density at radius 2 is 2.31 bits per heavy atom. The fourth-order valence-corrected chi connectivity index (χ4v) is 1.56. The van der Waals surface area contributed by atoms with Gasteiger partial charge in [-0.15, -0.1) is 0 Å². The van der Waals surface area contributed by atoms with Crippen LogP contribution >= 0.6 is 0 Å². The molecule has 1 saturated heterocycles. The number of H-pyrrole nitrogens is 1. The average Bonchev–Trinajstić information content (AvgIpc) is 2.30. The molecular formula is C9H15N5O2. The van der Waals surface area contributed by atoms with E-state index in [1.54, 1.807) is 0 Å². The fourth-order valence-electron chi connectivity index (χ4n) is 1.56. The molecule has 1 aromatic rings. The highest BCUT2D eigenvalue weighted by Crippen LogP contribution is 1.97. The monoisotopic (exact) mass is 225 g/mol. The zero-order valence-electron chi connectivity index (χ0n) is 8.98. The molecule has 0 unspecified atom stereocenters. The second kappa shape index (κ2) is 5.57. The van der Waals surface area contributed by atoms with Gasteiger partial charge < -0.3 is 10.1 Å². The van der Waals surface area contributed by atoms with E-state index in [-0.39, 0.29) is 0 Å². The van der Waals surface area contributed by atoms with Crippen LogP contribution in [0.3, 0.4) is 0 Å². The lowest BCUT2D eigenvalue weighted by molar-refractivity contribution is 0.0398. The van der Waals surface area contributed by atoms with Crippen LogP contribution in [-0.2, 0) is 4.74 Å². The summed E-state index contributed by atoms with van der Waals surface area (Å²) >= 11 is 0. The van der Waals surface area contributed by atoms with Gasteiger partial charge in [0.15, 0.2) is 5.82 Å². The highest BCUT2D eigenvalue weighted by molar-refractivity contribution is 5.28. The van der Waals surface area contributed by atoms with Crippen LogP contribution in [0.1, 0.15) is 0 Å². The maximum absolute atomic E-state index is 10.9. The fraction of sp³-hybridized carbons (Fsp3) is 0.667. The van der Waals surface area contributed by atoms with Gasteiger partial charge in [0.1, 0.15) is 0 Å². The highest BCUT2D eigenvalue weighted by Gasteiger charge is 2.09. The lowest BCUT2D eigenvalue weighted by Crippen LogP contribution is -2.39. The van der Waals surface area contributed by atoms with Crippen molar-refractivity contribution in [3.63, 3.8) is 0 Å². The molecular weight excluding hydrogens is 210 g/mol. The number of morpholine rings is 1. The number of aromatic amines is 1. The molecule has 0 spiro atoms. The van der Waals surface area contributed by atoms with Gasteiger partial charge >= 0.3 is 5.69 Å². The standard InChI is InChI=1S/C9H15N5O2/c15-9-12-8(7-11-13-9)10-1-2-14-3-5-16-6-4-14/h7H,1-6H2,(H2,10,12,13,15). The summed E-state index contributed by atoms with van der Waals surface area (Å²) in [6.45, 7) is 5.18. The molecule has 2 heterocycles. The SMILES string of the molecule is O=c1nc(NCCN2CCOCC2)cn[nH]1. The van der Waals surface area contributed by atoms with Gasteiger partial charge in [-0.25, -0.2) is 9.89 Å². The third kappa shape index (κ3) is 3.28. The summed E-state index contributed by atoms with van der Waals surface area (Å²) in [5, 5.41) is 8.94. The first kappa shape index (κ1) is 11.0. The molecule has 0 aromatic carbocycles. The molecule has 1 aliphatic heterocycles. The number of aromatic nitrogens is 3. The zero-order valence-corrected chi connectivity index (χ0v) is 8.98. The Kier molecular flexibility index (Phi) is 3.84. The van der Waals surface area contributed by atoms with E-state index < -0.39 is 5.69 Å². The van der Waals surface area contributed by atoms with Crippen molar-refractivity contribution in [2.45, 2.75) is 0 Å². The Morgan fingerprint density at radius 3 is 3.06 bits per heavy atom. The van der Waals surface area contributed by atoms with E-state index in [0.717, 1.165) is 39.4 Å². The van der Waals surface area contributed by atoms with Crippen LogP contribution < -0.4 is 11.0 Å². The zero-order chi connectivity index (χ0) is 11.2. The van der Waals surface area contributed by atoms with Gasteiger partial charge in [0.05, 0.1) is 19.4 Å². The van der Waals surface area contributed by atoms with Gasteiger partial charge in [-0.05, 0) is 0 Å². The molecule has 16 heavy (non-hydrogen) atoms. The van der Waals surface area contributed by atoms with Crippen LogP contribution in [-0.4, -0.2) is 59.5 Å². The van der Waals surface area contributed by atoms with Gasteiger partial charge in [-0.2, -0.15) is 10.1 Å². The van der Waals surface area contributed by atoms with Crippen LogP contribution in [0.5, 0.6) is 0 Å². The topological polar surface area (TPSA) is 83.1 Å². The minimum atomic E-state index is -0.434. The number of hydrogen-bond donors (Lipinski definition) is 2. The predicted molar refractivity (Wildman–Crippen MR) is 58.4 cm³/mol. The smallest absolute Gasteiger partial charge is 0.363 e. The summed E-state index contributed by atoms with van der Waals surface area (Å²) in [5.74, 6) is 0.511. The number of rotatable bonds is 4. The second-order valence-electron chi connectivity index (χ2n) is 3.55. The molecule has 0 aliphatic carbocycles. The molecule has 1 aliphatic rings. The van der Waals surface area contributed by atoms with E-state index in [2.05, 4.69) is 25.4 Å². The van der Waals surface area contributed by atoms with Gasteiger partial charge in [-0.3, -0.25) is 4.90 Å². The van der Waals surface area contributed by atoms with E-state index in [1.165, 1.54) is 6.20 Å². The first-order valence-corrected chi connectivity index (χ1v) is 5.30.